The summed E-state index contributed by atoms with van der Waals surface area (Å²) in [7, 11) is 0. The molecule has 0 unspecified atom stereocenters. The first-order valence-corrected chi connectivity index (χ1v) is 3.23. The monoisotopic (exact) mass is 281 g/mol. The first-order chi connectivity index (χ1) is 2.50. The normalized spacial score (nSPS) is 20.0. The van der Waals surface area contributed by atoms with Gasteiger partial charge in [-0.2, -0.15) is 11.8 Å². The second kappa shape index (κ2) is 4.17. The molecular weight excluding hydrogens is 272 g/mol. The average Bonchev–Trinajstić information content (AvgIpc) is 1.76. The fourth-order valence-electron chi connectivity index (χ4n) is 0.510. The molecule has 0 aromatic heterocycles. The van der Waals surface area contributed by atoms with Crippen molar-refractivity contribution in [1.29, 1.82) is 0 Å². The van der Waals surface area contributed by atoms with E-state index in [0.29, 0.717) is 0 Å². The van der Waals surface area contributed by atoms with Crippen LogP contribution in [0.15, 0.2) is 0 Å². The molecule has 2 heteroatoms. The summed E-state index contributed by atoms with van der Waals surface area (Å²) in [6.45, 7) is 0. The van der Waals surface area contributed by atoms with Gasteiger partial charge in [-0.3, -0.25) is 0 Å². The number of rotatable bonds is 0. The van der Waals surface area contributed by atoms with Gasteiger partial charge >= 0.3 is 20.1 Å². The van der Waals surface area contributed by atoms with Crippen molar-refractivity contribution in [3.05, 3.63) is 0 Å². The Hall–Kier alpha value is 0.999. The van der Waals surface area contributed by atoms with Gasteiger partial charge in [-0.15, -0.1) is 0 Å². The summed E-state index contributed by atoms with van der Waals surface area (Å²) in [5, 5.41) is 0. The zero-order valence-corrected chi connectivity index (χ0v) is 6.78. The van der Waals surface area contributed by atoms with Crippen molar-refractivity contribution in [3.63, 3.8) is 0 Å². The van der Waals surface area contributed by atoms with E-state index in [2.05, 4.69) is 11.8 Å². The van der Waals surface area contributed by atoms with E-state index in [1.54, 1.807) is 0 Å². The zero-order valence-electron chi connectivity index (χ0n) is 3.57. The van der Waals surface area contributed by atoms with E-state index in [4.69, 9.17) is 0 Å². The summed E-state index contributed by atoms with van der Waals surface area (Å²) in [5.74, 6) is 2.83. The van der Waals surface area contributed by atoms with Gasteiger partial charge in [-0.1, -0.05) is 0 Å². The van der Waals surface area contributed by atoms with Crippen molar-refractivity contribution in [1.82, 2.24) is 0 Å². The van der Waals surface area contributed by atoms with Crippen LogP contribution in [0.5, 0.6) is 0 Å². The Kier molecular flexibility index (Phi) is 4.86. The van der Waals surface area contributed by atoms with Gasteiger partial charge in [0.05, 0.1) is 0 Å². The van der Waals surface area contributed by atoms with Crippen LogP contribution in [-0.2, 0) is 20.1 Å². The Balaban J connectivity index is 0.000000250. The molecule has 36 valence electrons. The molecule has 0 nitrogen and oxygen atoms in total. The molecule has 0 amide bonds. The largest absolute Gasteiger partial charge is 3.00 e. The van der Waals surface area contributed by atoms with E-state index in [9.17, 15) is 0 Å². The standard InChI is InChI=1S/C4H8S.Ir/c1-2-4-5-3-1;/h1-4H2;/q;+3. The Morgan fingerprint density at radius 1 is 1.00 bits per heavy atom. The van der Waals surface area contributed by atoms with Crippen LogP contribution in [0.1, 0.15) is 12.8 Å². The Bertz CT molecular complexity index is 19.1. The molecule has 1 rings (SSSR count). The van der Waals surface area contributed by atoms with Crippen molar-refractivity contribution in [2.24, 2.45) is 0 Å². The van der Waals surface area contributed by atoms with Crippen LogP contribution >= 0.6 is 11.8 Å². The summed E-state index contributed by atoms with van der Waals surface area (Å²) in [5.41, 5.74) is 0. The van der Waals surface area contributed by atoms with Gasteiger partial charge in [0.25, 0.3) is 0 Å². The number of hydrogen-bond donors (Lipinski definition) is 0. The number of thioether (sulfide) groups is 1. The van der Waals surface area contributed by atoms with Gasteiger partial charge in [0, 0.05) is 0 Å². The second-order valence-electron chi connectivity index (χ2n) is 1.32. The summed E-state index contributed by atoms with van der Waals surface area (Å²) >= 11 is 2.07. The quantitative estimate of drug-likeness (QED) is 0.648. The van der Waals surface area contributed by atoms with Gasteiger partial charge < -0.3 is 0 Å². The molecule has 0 spiro atoms. The molecule has 0 aromatic carbocycles. The number of hydrogen-bond acceptors (Lipinski definition) is 1. The van der Waals surface area contributed by atoms with E-state index < -0.39 is 0 Å². The minimum atomic E-state index is 0. The van der Waals surface area contributed by atoms with Gasteiger partial charge in [0.15, 0.2) is 0 Å². The maximum absolute atomic E-state index is 2.07. The Labute approximate surface area is 56.4 Å². The molecule has 1 heterocycles. The summed E-state index contributed by atoms with van der Waals surface area (Å²) in [6, 6.07) is 0. The first kappa shape index (κ1) is 7.00. The van der Waals surface area contributed by atoms with Crippen LogP contribution in [0.4, 0.5) is 0 Å². The molecule has 0 N–H and O–H groups in total. The van der Waals surface area contributed by atoms with E-state index in [1.807, 2.05) is 0 Å². The van der Waals surface area contributed by atoms with E-state index >= 15 is 0 Å². The smallest absolute Gasteiger partial charge is 0.162 e. The van der Waals surface area contributed by atoms with Crippen molar-refractivity contribution in [2.75, 3.05) is 11.5 Å². The van der Waals surface area contributed by atoms with Gasteiger partial charge in [-0.05, 0) is 24.3 Å². The molecule has 0 aliphatic carbocycles. The molecular formula is C4H8IrS+3. The molecule has 0 aromatic rings. The van der Waals surface area contributed by atoms with Gasteiger partial charge in [0.1, 0.15) is 0 Å². The van der Waals surface area contributed by atoms with Crippen molar-refractivity contribution in [3.8, 4) is 0 Å². The summed E-state index contributed by atoms with van der Waals surface area (Å²) in [4.78, 5) is 0. The van der Waals surface area contributed by atoms with Crippen LogP contribution in [0.2, 0.25) is 0 Å². The minimum Gasteiger partial charge on any atom is -0.162 e. The minimum absolute atomic E-state index is 0. The SMILES string of the molecule is C1CCSC1.[Ir+3]. The Morgan fingerprint density at radius 3 is 1.67 bits per heavy atom. The second-order valence-corrected chi connectivity index (χ2v) is 2.54. The van der Waals surface area contributed by atoms with Crippen LogP contribution in [-0.4, -0.2) is 11.5 Å². The molecule has 1 saturated heterocycles. The van der Waals surface area contributed by atoms with Crippen molar-refractivity contribution < 1.29 is 20.1 Å². The van der Waals surface area contributed by atoms with E-state index in [0.717, 1.165) is 0 Å². The van der Waals surface area contributed by atoms with Crippen LogP contribution in [0.3, 0.4) is 0 Å². The first-order valence-electron chi connectivity index (χ1n) is 2.08. The van der Waals surface area contributed by atoms with E-state index in [1.165, 1.54) is 24.3 Å². The molecule has 0 radical (unpaired) electrons. The molecule has 0 bridgehead atoms. The molecule has 1 aliphatic rings. The maximum Gasteiger partial charge on any atom is 3.00 e. The van der Waals surface area contributed by atoms with Crippen molar-refractivity contribution in [2.45, 2.75) is 12.8 Å². The topological polar surface area (TPSA) is 0 Å². The predicted octanol–water partition coefficient (Wildman–Crippen LogP) is 1.51. The maximum atomic E-state index is 2.07. The van der Waals surface area contributed by atoms with Crippen LogP contribution < -0.4 is 0 Å². The van der Waals surface area contributed by atoms with Crippen molar-refractivity contribution >= 4 is 11.8 Å². The fraction of sp³-hybridized carbons (Fsp3) is 1.00. The fourth-order valence-corrected chi connectivity index (χ4v) is 1.53. The van der Waals surface area contributed by atoms with Crippen LogP contribution in [0, 0.1) is 0 Å². The Morgan fingerprint density at radius 2 is 1.50 bits per heavy atom. The summed E-state index contributed by atoms with van der Waals surface area (Å²) in [6.07, 6.45) is 2.93. The zero-order chi connectivity index (χ0) is 3.54. The molecule has 1 aliphatic heterocycles. The van der Waals surface area contributed by atoms with Gasteiger partial charge in [0.2, 0.25) is 0 Å². The average molecular weight is 280 g/mol. The van der Waals surface area contributed by atoms with Gasteiger partial charge in [-0.25, -0.2) is 0 Å². The molecule has 0 atom stereocenters. The molecule has 1 fully saturated rings. The third-order valence-corrected chi connectivity index (χ3v) is 1.98. The third-order valence-electron chi connectivity index (χ3n) is 0.827. The third kappa shape index (κ3) is 2.22. The van der Waals surface area contributed by atoms with Crippen LogP contribution in [0.25, 0.3) is 0 Å². The summed E-state index contributed by atoms with van der Waals surface area (Å²) < 4.78 is 0. The predicted molar refractivity (Wildman–Crippen MR) is 26.6 cm³/mol. The molecule has 6 heavy (non-hydrogen) atoms. The molecule has 0 saturated carbocycles. The van der Waals surface area contributed by atoms with E-state index in [-0.39, 0.29) is 20.1 Å².